The Bertz CT molecular complexity index is 510. The Morgan fingerprint density at radius 1 is 1.39 bits per heavy atom. The molecule has 1 N–H and O–H groups in total. The predicted molar refractivity (Wildman–Crippen MR) is 81.1 cm³/mol. The van der Waals surface area contributed by atoms with Gasteiger partial charge in [0.05, 0.1) is 15.5 Å². The number of hydrogen-bond acceptors (Lipinski definition) is 3. The van der Waals surface area contributed by atoms with E-state index in [0.29, 0.717) is 6.04 Å². The normalized spacial score (nSPS) is 12.6. The molecule has 0 bridgehead atoms. The summed E-state index contributed by atoms with van der Waals surface area (Å²) in [7, 11) is 0. The van der Waals surface area contributed by atoms with E-state index >= 15 is 0 Å². The van der Waals surface area contributed by atoms with Crippen molar-refractivity contribution in [3.8, 4) is 0 Å². The van der Waals surface area contributed by atoms with Crippen molar-refractivity contribution in [2.24, 2.45) is 0 Å². The van der Waals surface area contributed by atoms with E-state index < -0.39 is 0 Å². The zero-order chi connectivity index (χ0) is 13.0. The standard InChI is InChI=1S/C14H17BrN2S/c1-3-16-13(9-11-4-5-14(15)18-11)12-8-10(2)6-7-17-12/h4-8,13,16H,3,9H2,1-2H3. The SMILES string of the molecule is CCNC(Cc1ccc(Br)s1)c1cc(C)ccn1. The first kappa shape index (κ1) is 13.7. The summed E-state index contributed by atoms with van der Waals surface area (Å²) in [6.45, 7) is 5.19. The average Bonchev–Trinajstić information content (AvgIpc) is 2.74. The van der Waals surface area contributed by atoms with Crippen molar-refractivity contribution in [1.82, 2.24) is 10.3 Å². The lowest BCUT2D eigenvalue weighted by atomic mass is 10.1. The molecule has 2 nitrogen and oxygen atoms in total. The van der Waals surface area contributed by atoms with Gasteiger partial charge in [-0.3, -0.25) is 4.98 Å². The molecule has 0 radical (unpaired) electrons. The molecule has 96 valence electrons. The molecule has 0 saturated heterocycles. The van der Waals surface area contributed by atoms with Crippen LogP contribution in [0.15, 0.2) is 34.2 Å². The van der Waals surface area contributed by atoms with Gasteiger partial charge in [-0.05, 0) is 59.2 Å². The third-order valence-corrected chi connectivity index (χ3v) is 4.42. The van der Waals surface area contributed by atoms with Gasteiger partial charge in [-0.25, -0.2) is 0 Å². The van der Waals surface area contributed by atoms with Crippen LogP contribution in [0.2, 0.25) is 0 Å². The van der Waals surface area contributed by atoms with Crippen molar-refractivity contribution in [3.63, 3.8) is 0 Å². The Morgan fingerprint density at radius 2 is 2.22 bits per heavy atom. The van der Waals surface area contributed by atoms with E-state index in [4.69, 9.17) is 0 Å². The molecule has 0 aliphatic carbocycles. The summed E-state index contributed by atoms with van der Waals surface area (Å²) in [5.74, 6) is 0. The van der Waals surface area contributed by atoms with E-state index in [1.54, 1.807) is 11.3 Å². The van der Waals surface area contributed by atoms with Crippen LogP contribution in [-0.4, -0.2) is 11.5 Å². The van der Waals surface area contributed by atoms with E-state index in [1.807, 2.05) is 12.3 Å². The van der Waals surface area contributed by atoms with Gasteiger partial charge in [0.25, 0.3) is 0 Å². The van der Waals surface area contributed by atoms with Crippen LogP contribution in [0.3, 0.4) is 0 Å². The van der Waals surface area contributed by atoms with Crippen molar-refractivity contribution >= 4 is 27.3 Å². The van der Waals surface area contributed by atoms with Crippen LogP contribution in [0.1, 0.15) is 29.1 Å². The number of rotatable bonds is 5. The van der Waals surface area contributed by atoms with Gasteiger partial charge in [0.2, 0.25) is 0 Å². The molecule has 1 unspecified atom stereocenters. The number of hydrogen-bond donors (Lipinski definition) is 1. The number of nitrogens with one attached hydrogen (secondary N) is 1. The fourth-order valence-corrected chi connectivity index (χ4v) is 3.47. The molecule has 0 saturated carbocycles. The minimum atomic E-state index is 0.292. The van der Waals surface area contributed by atoms with Gasteiger partial charge in [-0.15, -0.1) is 11.3 Å². The third kappa shape index (κ3) is 3.64. The van der Waals surface area contributed by atoms with Crippen LogP contribution >= 0.6 is 27.3 Å². The van der Waals surface area contributed by atoms with Crippen molar-refractivity contribution in [2.45, 2.75) is 26.3 Å². The zero-order valence-corrected chi connectivity index (χ0v) is 13.0. The summed E-state index contributed by atoms with van der Waals surface area (Å²) >= 11 is 5.30. The lowest BCUT2D eigenvalue weighted by Gasteiger charge is -2.17. The minimum absolute atomic E-state index is 0.292. The van der Waals surface area contributed by atoms with Gasteiger partial charge in [0, 0.05) is 17.5 Å². The number of halogens is 1. The van der Waals surface area contributed by atoms with Gasteiger partial charge in [0.1, 0.15) is 0 Å². The number of aryl methyl sites for hydroxylation is 1. The first-order chi connectivity index (χ1) is 8.69. The van der Waals surface area contributed by atoms with Gasteiger partial charge in [0.15, 0.2) is 0 Å². The minimum Gasteiger partial charge on any atom is -0.309 e. The second-order valence-electron chi connectivity index (χ2n) is 4.28. The molecular formula is C14H17BrN2S. The summed E-state index contributed by atoms with van der Waals surface area (Å²) in [5.41, 5.74) is 2.39. The molecule has 1 atom stereocenters. The van der Waals surface area contributed by atoms with Crippen LogP contribution in [-0.2, 0) is 6.42 Å². The van der Waals surface area contributed by atoms with Crippen molar-refractivity contribution in [2.75, 3.05) is 6.54 Å². The fraction of sp³-hybridized carbons (Fsp3) is 0.357. The lowest BCUT2D eigenvalue weighted by molar-refractivity contribution is 0.539. The Balaban J connectivity index is 2.17. The Hall–Kier alpha value is -0.710. The summed E-state index contributed by atoms with van der Waals surface area (Å²) in [6, 6.07) is 8.77. The molecule has 0 aromatic carbocycles. The highest BCUT2D eigenvalue weighted by Gasteiger charge is 2.13. The topological polar surface area (TPSA) is 24.9 Å². The van der Waals surface area contributed by atoms with E-state index in [2.05, 4.69) is 58.3 Å². The first-order valence-electron chi connectivity index (χ1n) is 6.09. The van der Waals surface area contributed by atoms with Crippen LogP contribution in [0.25, 0.3) is 0 Å². The second-order valence-corrected chi connectivity index (χ2v) is 6.83. The molecule has 0 aliphatic heterocycles. The van der Waals surface area contributed by atoms with Crippen LogP contribution < -0.4 is 5.32 Å². The molecule has 18 heavy (non-hydrogen) atoms. The van der Waals surface area contributed by atoms with Gasteiger partial charge in [-0.1, -0.05) is 6.92 Å². The predicted octanol–water partition coefficient (Wildman–Crippen LogP) is 4.11. The number of aromatic nitrogens is 1. The monoisotopic (exact) mass is 324 g/mol. The van der Waals surface area contributed by atoms with Crippen LogP contribution in [0.5, 0.6) is 0 Å². The maximum atomic E-state index is 4.49. The molecule has 0 amide bonds. The maximum Gasteiger partial charge on any atom is 0.0701 e. The summed E-state index contributed by atoms with van der Waals surface area (Å²) in [5, 5.41) is 3.51. The number of thiophene rings is 1. The van der Waals surface area contributed by atoms with Gasteiger partial charge in [-0.2, -0.15) is 0 Å². The maximum absolute atomic E-state index is 4.49. The molecule has 2 rings (SSSR count). The van der Waals surface area contributed by atoms with Crippen molar-refractivity contribution in [3.05, 3.63) is 50.4 Å². The smallest absolute Gasteiger partial charge is 0.0701 e. The summed E-state index contributed by atoms with van der Waals surface area (Å²) in [6.07, 6.45) is 2.87. The third-order valence-electron chi connectivity index (χ3n) is 2.78. The van der Waals surface area contributed by atoms with Gasteiger partial charge < -0.3 is 5.32 Å². The molecule has 2 heterocycles. The highest BCUT2D eigenvalue weighted by atomic mass is 79.9. The second kappa shape index (κ2) is 6.45. The molecule has 0 fully saturated rings. The zero-order valence-electron chi connectivity index (χ0n) is 10.6. The largest absolute Gasteiger partial charge is 0.309 e. The van der Waals surface area contributed by atoms with E-state index in [-0.39, 0.29) is 0 Å². The summed E-state index contributed by atoms with van der Waals surface area (Å²) in [4.78, 5) is 5.86. The highest BCUT2D eigenvalue weighted by molar-refractivity contribution is 9.11. The van der Waals surface area contributed by atoms with E-state index in [0.717, 1.165) is 18.7 Å². The van der Waals surface area contributed by atoms with E-state index in [1.165, 1.54) is 14.2 Å². The van der Waals surface area contributed by atoms with E-state index in [9.17, 15) is 0 Å². The molecule has 0 spiro atoms. The molecule has 2 aromatic heterocycles. The first-order valence-corrected chi connectivity index (χ1v) is 7.70. The number of pyridine rings is 1. The highest BCUT2D eigenvalue weighted by Crippen LogP contribution is 2.26. The number of likely N-dealkylation sites (N-methyl/N-ethyl adjacent to an activating group) is 1. The average molecular weight is 325 g/mol. The van der Waals surface area contributed by atoms with Crippen LogP contribution in [0, 0.1) is 6.92 Å². The van der Waals surface area contributed by atoms with Crippen molar-refractivity contribution < 1.29 is 0 Å². The van der Waals surface area contributed by atoms with Gasteiger partial charge >= 0.3 is 0 Å². The Labute approximate surface area is 121 Å². The fourth-order valence-electron chi connectivity index (χ4n) is 1.94. The van der Waals surface area contributed by atoms with Crippen LogP contribution in [0.4, 0.5) is 0 Å². The molecule has 2 aromatic rings. The molecular weight excluding hydrogens is 308 g/mol. The molecule has 4 heteroatoms. The number of nitrogens with zero attached hydrogens (tertiary/aromatic N) is 1. The Kier molecular flexibility index (Phi) is 4.92. The quantitative estimate of drug-likeness (QED) is 0.895. The Morgan fingerprint density at radius 3 is 2.83 bits per heavy atom. The molecule has 0 aliphatic rings. The van der Waals surface area contributed by atoms with Crippen molar-refractivity contribution in [1.29, 1.82) is 0 Å². The summed E-state index contributed by atoms with van der Waals surface area (Å²) < 4.78 is 1.19. The lowest BCUT2D eigenvalue weighted by Crippen LogP contribution is -2.23.